The number of anilines is 1. The van der Waals surface area contributed by atoms with Gasteiger partial charge in [-0.1, -0.05) is 25.7 Å². The highest BCUT2D eigenvalue weighted by atomic mass is 16.4. The molecule has 2 rings (SSSR count). The first-order chi connectivity index (χ1) is 9.93. The lowest BCUT2D eigenvalue weighted by atomic mass is 9.90. The Morgan fingerprint density at radius 2 is 1.86 bits per heavy atom. The molecule has 21 heavy (non-hydrogen) atoms. The number of aliphatic carboxylic acids is 1. The minimum Gasteiger partial charge on any atom is -0.480 e. The van der Waals surface area contributed by atoms with E-state index in [1.807, 2.05) is 0 Å². The van der Waals surface area contributed by atoms with E-state index in [0.717, 1.165) is 25.7 Å². The molecule has 0 saturated heterocycles. The van der Waals surface area contributed by atoms with Gasteiger partial charge in [0, 0.05) is 11.3 Å². The van der Waals surface area contributed by atoms with Crippen LogP contribution in [0, 0.1) is 6.92 Å². The summed E-state index contributed by atoms with van der Waals surface area (Å²) in [6, 6.07) is 3.11. The zero-order valence-electron chi connectivity index (χ0n) is 12.2. The monoisotopic (exact) mass is 291 g/mol. The average molecular weight is 291 g/mol. The summed E-state index contributed by atoms with van der Waals surface area (Å²) in [6.07, 6.45) is 4.95. The van der Waals surface area contributed by atoms with E-state index in [-0.39, 0.29) is 0 Å². The zero-order chi connectivity index (χ0) is 15.5. The Bertz CT molecular complexity index is 549. The first-order valence-electron chi connectivity index (χ1n) is 7.23. The van der Waals surface area contributed by atoms with Gasteiger partial charge < -0.3 is 16.2 Å². The van der Waals surface area contributed by atoms with Crippen molar-refractivity contribution in [2.45, 2.75) is 51.0 Å². The summed E-state index contributed by atoms with van der Waals surface area (Å²) in [5.41, 5.74) is 5.24. The summed E-state index contributed by atoms with van der Waals surface area (Å²) in [7, 11) is 0. The van der Waals surface area contributed by atoms with Crippen LogP contribution in [-0.4, -0.2) is 27.5 Å². The average Bonchev–Trinajstić information content (AvgIpc) is 2.64. The number of nitrogens with zero attached hydrogens (tertiary/aromatic N) is 1. The van der Waals surface area contributed by atoms with Crippen LogP contribution in [0.3, 0.4) is 0 Å². The van der Waals surface area contributed by atoms with E-state index in [1.165, 1.54) is 6.07 Å². The number of aromatic nitrogens is 1. The number of aryl methyl sites for hydroxylation is 1. The summed E-state index contributed by atoms with van der Waals surface area (Å²) in [4.78, 5) is 27.4. The van der Waals surface area contributed by atoms with Gasteiger partial charge in [0.1, 0.15) is 11.4 Å². The van der Waals surface area contributed by atoms with Crippen molar-refractivity contribution in [3.8, 4) is 0 Å². The number of hydrogen-bond acceptors (Lipinski definition) is 4. The summed E-state index contributed by atoms with van der Waals surface area (Å²) >= 11 is 0. The van der Waals surface area contributed by atoms with Gasteiger partial charge >= 0.3 is 5.97 Å². The largest absolute Gasteiger partial charge is 0.480 e. The molecule has 0 bridgehead atoms. The van der Waals surface area contributed by atoms with Crippen molar-refractivity contribution in [3.63, 3.8) is 0 Å². The molecule has 1 aromatic heterocycles. The third-order valence-electron chi connectivity index (χ3n) is 3.97. The molecule has 114 valence electrons. The number of carbonyl (C=O) groups excluding carboxylic acids is 1. The van der Waals surface area contributed by atoms with Crippen LogP contribution in [0.25, 0.3) is 0 Å². The number of carbonyl (C=O) groups is 2. The van der Waals surface area contributed by atoms with Crippen molar-refractivity contribution in [2.24, 2.45) is 5.73 Å². The van der Waals surface area contributed by atoms with Crippen LogP contribution < -0.4 is 11.1 Å². The lowest BCUT2D eigenvalue weighted by Gasteiger charge is -2.30. The predicted molar refractivity (Wildman–Crippen MR) is 79.2 cm³/mol. The van der Waals surface area contributed by atoms with Gasteiger partial charge in [-0.25, -0.2) is 9.78 Å². The molecule has 1 amide bonds. The van der Waals surface area contributed by atoms with Gasteiger partial charge in [-0.3, -0.25) is 4.79 Å². The van der Waals surface area contributed by atoms with E-state index in [0.29, 0.717) is 29.9 Å². The Balaban J connectivity index is 2.32. The molecule has 1 saturated carbocycles. The molecule has 0 radical (unpaired) electrons. The number of rotatable bonds is 4. The third-order valence-corrected chi connectivity index (χ3v) is 3.97. The number of pyridine rings is 1. The maximum absolute atomic E-state index is 11.8. The first kappa shape index (κ1) is 15.3. The quantitative estimate of drug-likeness (QED) is 0.736. The second-order valence-corrected chi connectivity index (χ2v) is 5.67. The SMILES string of the molecule is Cc1cc(C(N)=O)cc(NC2(C(=O)O)CCCCCC2)n1. The molecule has 6 heteroatoms. The molecule has 0 atom stereocenters. The normalized spacial score (nSPS) is 17.8. The van der Waals surface area contributed by atoms with Gasteiger partial charge in [-0.2, -0.15) is 0 Å². The summed E-state index contributed by atoms with van der Waals surface area (Å²) < 4.78 is 0. The van der Waals surface area contributed by atoms with E-state index in [4.69, 9.17) is 5.73 Å². The Labute approximate surface area is 123 Å². The number of nitrogens with two attached hydrogens (primary N) is 1. The Hall–Kier alpha value is -2.11. The zero-order valence-corrected chi connectivity index (χ0v) is 12.2. The van der Waals surface area contributed by atoms with Gasteiger partial charge in [-0.15, -0.1) is 0 Å². The molecule has 0 aromatic carbocycles. The van der Waals surface area contributed by atoms with E-state index in [2.05, 4.69) is 10.3 Å². The highest BCUT2D eigenvalue weighted by Gasteiger charge is 2.39. The molecule has 1 aliphatic rings. The molecule has 1 aromatic rings. The third kappa shape index (κ3) is 3.51. The van der Waals surface area contributed by atoms with Gasteiger partial charge in [0.15, 0.2) is 0 Å². The minimum atomic E-state index is -1.01. The van der Waals surface area contributed by atoms with Crippen molar-refractivity contribution in [2.75, 3.05) is 5.32 Å². The predicted octanol–water partition coefficient (Wildman–Crippen LogP) is 2.08. The minimum absolute atomic E-state index is 0.333. The number of nitrogens with one attached hydrogen (secondary N) is 1. The maximum atomic E-state index is 11.8. The van der Waals surface area contributed by atoms with E-state index in [9.17, 15) is 14.7 Å². The number of hydrogen-bond donors (Lipinski definition) is 3. The van der Waals surface area contributed by atoms with Crippen molar-refractivity contribution < 1.29 is 14.7 Å². The van der Waals surface area contributed by atoms with E-state index < -0.39 is 17.4 Å². The van der Waals surface area contributed by atoms with E-state index >= 15 is 0 Å². The summed E-state index contributed by atoms with van der Waals surface area (Å²) in [6.45, 7) is 1.75. The Morgan fingerprint density at radius 3 is 2.38 bits per heavy atom. The van der Waals surface area contributed by atoms with Crippen LogP contribution in [-0.2, 0) is 4.79 Å². The van der Waals surface area contributed by atoms with Crippen LogP contribution in [0.5, 0.6) is 0 Å². The summed E-state index contributed by atoms with van der Waals surface area (Å²) in [5, 5.41) is 12.7. The van der Waals surface area contributed by atoms with Crippen LogP contribution >= 0.6 is 0 Å². The van der Waals surface area contributed by atoms with Gasteiger partial charge in [-0.05, 0) is 31.9 Å². The lowest BCUT2D eigenvalue weighted by Crippen LogP contribution is -2.46. The van der Waals surface area contributed by atoms with Gasteiger partial charge in [0.25, 0.3) is 0 Å². The number of carboxylic acids is 1. The molecule has 4 N–H and O–H groups in total. The Morgan fingerprint density at radius 1 is 1.24 bits per heavy atom. The molecule has 1 aliphatic carbocycles. The van der Waals surface area contributed by atoms with Crippen molar-refractivity contribution in [3.05, 3.63) is 23.4 Å². The summed E-state index contributed by atoms with van der Waals surface area (Å²) in [5.74, 6) is -1.02. The topological polar surface area (TPSA) is 105 Å². The number of primary amides is 1. The molecule has 6 nitrogen and oxygen atoms in total. The lowest BCUT2D eigenvalue weighted by molar-refractivity contribution is -0.142. The van der Waals surface area contributed by atoms with Gasteiger partial charge in [0.2, 0.25) is 5.91 Å². The van der Waals surface area contributed by atoms with Crippen LogP contribution in [0.1, 0.15) is 54.6 Å². The Kier molecular flexibility index (Phi) is 4.45. The standard InChI is InChI=1S/C15H21N3O3/c1-10-8-11(13(16)19)9-12(17-10)18-15(14(20)21)6-4-2-3-5-7-15/h8-9H,2-7H2,1H3,(H2,16,19)(H,17,18)(H,20,21). The fraction of sp³-hybridized carbons (Fsp3) is 0.533. The molecule has 0 unspecified atom stereocenters. The molecule has 0 aliphatic heterocycles. The molecule has 1 fully saturated rings. The van der Waals surface area contributed by atoms with Crippen molar-refractivity contribution in [1.82, 2.24) is 4.98 Å². The molecule has 1 heterocycles. The molecular formula is C15H21N3O3. The highest BCUT2D eigenvalue weighted by Crippen LogP contribution is 2.31. The fourth-order valence-electron chi connectivity index (χ4n) is 2.84. The van der Waals surface area contributed by atoms with E-state index in [1.54, 1.807) is 13.0 Å². The molecule has 0 spiro atoms. The second kappa shape index (κ2) is 6.11. The smallest absolute Gasteiger partial charge is 0.329 e. The van der Waals surface area contributed by atoms with Crippen molar-refractivity contribution >= 4 is 17.7 Å². The number of carboxylic acid groups (broad SMARTS) is 1. The second-order valence-electron chi connectivity index (χ2n) is 5.67. The van der Waals surface area contributed by atoms with Gasteiger partial charge in [0.05, 0.1) is 0 Å². The van der Waals surface area contributed by atoms with Crippen LogP contribution in [0.4, 0.5) is 5.82 Å². The first-order valence-corrected chi connectivity index (χ1v) is 7.23. The van der Waals surface area contributed by atoms with Crippen molar-refractivity contribution in [1.29, 1.82) is 0 Å². The highest BCUT2D eigenvalue weighted by molar-refractivity contribution is 5.93. The van der Waals surface area contributed by atoms with Crippen LogP contribution in [0.2, 0.25) is 0 Å². The maximum Gasteiger partial charge on any atom is 0.329 e. The fourth-order valence-corrected chi connectivity index (χ4v) is 2.84. The van der Waals surface area contributed by atoms with Crippen LogP contribution in [0.15, 0.2) is 12.1 Å². The molecular weight excluding hydrogens is 270 g/mol. The number of amides is 1.